The number of ether oxygens (including phenoxy) is 4. The molecule has 0 bridgehead atoms. The molecule has 1 fully saturated rings. The van der Waals surface area contributed by atoms with Gasteiger partial charge in [-0.25, -0.2) is 0 Å². The predicted octanol–water partition coefficient (Wildman–Crippen LogP) is 3.44. The molecular weight excluding hydrogens is 729 g/mol. The van der Waals surface area contributed by atoms with Gasteiger partial charge in [-0.15, -0.1) is 0 Å². The normalized spacial score (nSPS) is 17.5. The molecule has 0 amide bonds. The summed E-state index contributed by atoms with van der Waals surface area (Å²) in [5.74, 6) is -0.567. The van der Waals surface area contributed by atoms with E-state index in [0.29, 0.717) is 97.7 Å². The summed E-state index contributed by atoms with van der Waals surface area (Å²) in [5.41, 5.74) is 0. The highest BCUT2D eigenvalue weighted by atomic mass is 28.4. The first-order valence-electron chi connectivity index (χ1n) is 21.2. The van der Waals surface area contributed by atoms with E-state index in [4.69, 9.17) is 32.2 Å². The average Bonchev–Trinajstić information content (AvgIpc) is 3.14. The Kier molecular flexibility index (Phi) is 31.0. The molecule has 1 unspecified atom stereocenters. The van der Waals surface area contributed by atoms with Crippen LogP contribution in [0.1, 0.15) is 92.9 Å². The highest BCUT2D eigenvalue weighted by molar-refractivity contribution is 6.60. The first-order valence-corrected chi connectivity index (χ1v) is 23.1. The van der Waals surface area contributed by atoms with Gasteiger partial charge in [-0.2, -0.15) is 0 Å². The maximum atomic E-state index is 12.3. The number of aliphatic hydroxyl groups is 1. The van der Waals surface area contributed by atoms with Crippen molar-refractivity contribution in [2.75, 3.05) is 131 Å². The van der Waals surface area contributed by atoms with E-state index in [-0.39, 0.29) is 24.5 Å². The Bertz CT molecular complexity index is 927. The lowest BCUT2D eigenvalue weighted by Gasteiger charge is -2.30. The Hall–Kier alpha value is -1.73. The van der Waals surface area contributed by atoms with Gasteiger partial charge >= 0.3 is 26.7 Å². The minimum absolute atomic E-state index is 0.187. The van der Waals surface area contributed by atoms with Gasteiger partial charge in [0.05, 0.1) is 51.8 Å². The third-order valence-corrected chi connectivity index (χ3v) is 12.4. The SMILES string of the molecule is CCOC(=O)CCN1CCCN(CCC(=O)OCC)CCCN(CC(O)COCCC[Si](OCC)(OCC)OCC)CCCN(CCC(=O)OCC)CCC1. The van der Waals surface area contributed by atoms with Gasteiger partial charge in [-0.05, 0) is 126 Å². The molecule has 0 aliphatic carbocycles. The van der Waals surface area contributed by atoms with Crippen molar-refractivity contribution >= 4 is 26.7 Å². The first kappa shape index (κ1) is 51.3. The number of esters is 3. The predicted molar refractivity (Wildman–Crippen MR) is 215 cm³/mol. The first-order chi connectivity index (χ1) is 26.6. The molecular formula is C39H78N4O11Si. The minimum atomic E-state index is -2.74. The molecule has 1 aliphatic rings. The van der Waals surface area contributed by atoms with Crippen LogP contribution in [0.25, 0.3) is 0 Å². The maximum Gasteiger partial charge on any atom is 0.501 e. The monoisotopic (exact) mass is 807 g/mol. The van der Waals surface area contributed by atoms with Crippen LogP contribution in [0.4, 0.5) is 0 Å². The van der Waals surface area contributed by atoms with Crippen molar-refractivity contribution in [3.05, 3.63) is 0 Å². The molecule has 1 N–H and O–H groups in total. The van der Waals surface area contributed by atoms with Gasteiger partial charge in [-0.1, -0.05) is 0 Å². The van der Waals surface area contributed by atoms with E-state index in [0.717, 1.165) is 84.5 Å². The van der Waals surface area contributed by atoms with Crippen molar-refractivity contribution in [2.24, 2.45) is 0 Å². The Morgan fingerprint density at radius 3 is 1.22 bits per heavy atom. The van der Waals surface area contributed by atoms with Gasteiger partial charge in [0.1, 0.15) is 0 Å². The van der Waals surface area contributed by atoms with Crippen molar-refractivity contribution in [3.8, 4) is 0 Å². The molecule has 1 heterocycles. The Balaban J connectivity index is 2.98. The lowest BCUT2D eigenvalue weighted by molar-refractivity contribution is -0.144. The maximum absolute atomic E-state index is 12.3. The fourth-order valence-electron chi connectivity index (χ4n) is 6.78. The number of carbonyl (C=O) groups excluding carboxylic acids is 3. The van der Waals surface area contributed by atoms with Crippen LogP contribution in [-0.2, 0) is 46.6 Å². The summed E-state index contributed by atoms with van der Waals surface area (Å²) in [6.07, 6.45) is 4.60. The second kappa shape index (κ2) is 33.3. The summed E-state index contributed by atoms with van der Waals surface area (Å²) in [6.45, 7) is 23.5. The smallest absolute Gasteiger partial charge is 0.466 e. The Morgan fingerprint density at radius 2 is 0.891 bits per heavy atom. The van der Waals surface area contributed by atoms with E-state index in [1.54, 1.807) is 0 Å². The molecule has 55 heavy (non-hydrogen) atoms. The summed E-state index contributed by atoms with van der Waals surface area (Å²) >= 11 is 0. The van der Waals surface area contributed by atoms with Crippen molar-refractivity contribution < 1.29 is 51.7 Å². The second-order valence-corrected chi connectivity index (χ2v) is 16.5. The average molecular weight is 807 g/mol. The fraction of sp³-hybridized carbons (Fsp3) is 0.923. The highest BCUT2D eigenvalue weighted by Gasteiger charge is 2.39. The van der Waals surface area contributed by atoms with E-state index >= 15 is 0 Å². The molecule has 0 radical (unpaired) electrons. The standard InChI is InChI=1S/C39H78N4O11Si/c1-7-49-37(45)18-29-40-21-13-23-41(30-19-38(46)50-8-2)25-15-27-43(28-16-26-42(24-14-22-40)31-20-39(47)51-9-3)34-36(44)35-48-32-17-33-55(52-10-4,53-11-5)54-12-6/h36,44H,7-35H2,1-6H3. The van der Waals surface area contributed by atoms with Gasteiger partial charge in [0.25, 0.3) is 0 Å². The molecule has 0 saturated carbocycles. The van der Waals surface area contributed by atoms with E-state index in [2.05, 4.69) is 19.6 Å². The van der Waals surface area contributed by atoms with Crippen molar-refractivity contribution in [1.82, 2.24) is 19.6 Å². The number of rotatable bonds is 26. The Morgan fingerprint density at radius 1 is 0.545 bits per heavy atom. The van der Waals surface area contributed by atoms with Gasteiger partial charge in [0.2, 0.25) is 0 Å². The lowest BCUT2D eigenvalue weighted by atomic mass is 10.2. The Labute approximate surface area is 333 Å². The molecule has 324 valence electrons. The van der Waals surface area contributed by atoms with Crippen molar-refractivity contribution in [3.63, 3.8) is 0 Å². The number of aliphatic hydroxyl groups excluding tert-OH is 1. The number of hydrogen-bond acceptors (Lipinski definition) is 15. The van der Waals surface area contributed by atoms with Crippen molar-refractivity contribution in [2.45, 2.75) is 105 Å². The summed E-state index contributed by atoms with van der Waals surface area (Å²) in [4.78, 5) is 46.0. The van der Waals surface area contributed by atoms with Gasteiger partial charge in [0.15, 0.2) is 0 Å². The molecule has 16 heteroatoms. The number of carbonyl (C=O) groups is 3. The van der Waals surface area contributed by atoms with E-state index in [9.17, 15) is 19.5 Å². The quantitative estimate of drug-likeness (QED) is 0.0589. The molecule has 0 aromatic rings. The molecule has 1 atom stereocenters. The number of β-amino-alcohol motifs (C(OH)–C–C–N with tert-alkyl or cyclic N) is 1. The molecule has 0 aromatic carbocycles. The van der Waals surface area contributed by atoms with Crippen LogP contribution in [0, 0.1) is 0 Å². The largest absolute Gasteiger partial charge is 0.501 e. The third kappa shape index (κ3) is 26.0. The van der Waals surface area contributed by atoms with Gasteiger partial charge in [-0.3, -0.25) is 14.4 Å². The summed E-state index contributed by atoms with van der Waals surface area (Å²) in [6, 6.07) is 0.662. The van der Waals surface area contributed by atoms with Crippen LogP contribution in [0.2, 0.25) is 6.04 Å². The zero-order chi connectivity index (χ0) is 40.6. The minimum Gasteiger partial charge on any atom is -0.466 e. The molecule has 0 aromatic heterocycles. The van der Waals surface area contributed by atoms with Crippen LogP contribution in [0.15, 0.2) is 0 Å². The van der Waals surface area contributed by atoms with Crippen LogP contribution in [0.3, 0.4) is 0 Å². The summed E-state index contributed by atoms with van der Waals surface area (Å²) < 4.78 is 39.4. The third-order valence-electron chi connectivity index (χ3n) is 9.25. The zero-order valence-corrected chi connectivity index (χ0v) is 36.4. The zero-order valence-electron chi connectivity index (χ0n) is 35.4. The summed E-state index contributed by atoms with van der Waals surface area (Å²) in [7, 11) is -2.74. The molecule has 15 nitrogen and oxygen atoms in total. The highest BCUT2D eigenvalue weighted by Crippen LogP contribution is 2.18. The van der Waals surface area contributed by atoms with Gasteiger partial charge in [0, 0.05) is 58.7 Å². The van der Waals surface area contributed by atoms with Crippen LogP contribution >= 0.6 is 0 Å². The molecule has 1 saturated heterocycles. The lowest BCUT2D eigenvalue weighted by Crippen LogP contribution is -2.46. The van der Waals surface area contributed by atoms with Gasteiger partial charge < -0.3 is 56.9 Å². The van der Waals surface area contributed by atoms with Crippen molar-refractivity contribution in [1.29, 1.82) is 0 Å². The number of nitrogens with zero attached hydrogens (tertiary/aromatic N) is 4. The molecule has 1 rings (SSSR count). The van der Waals surface area contributed by atoms with E-state index in [1.165, 1.54) is 0 Å². The molecule has 0 spiro atoms. The fourth-order valence-corrected chi connectivity index (χ4v) is 9.36. The van der Waals surface area contributed by atoms with Crippen LogP contribution < -0.4 is 0 Å². The second-order valence-electron chi connectivity index (χ2n) is 13.7. The van der Waals surface area contributed by atoms with E-state index in [1.807, 2.05) is 41.5 Å². The topological polar surface area (TPSA) is 149 Å². The summed E-state index contributed by atoms with van der Waals surface area (Å²) in [5, 5.41) is 11.1. The van der Waals surface area contributed by atoms with Crippen LogP contribution in [0.5, 0.6) is 0 Å². The number of hydrogen-bond donors (Lipinski definition) is 1. The van der Waals surface area contributed by atoms with Crippen LogP contribution in [-0.4, -0.2) is 189 Å². The van der Waals surface area contributed by atoms with E-state index < -0.39 is 14.9 Å². The molecule has 1 aliphatic heterocycles.